The third-order valence-corrected chi connectivity index (χ3v) is 3.65. The van der Waals surface area contributed by atoms with Crippen LogP contribution in [-0.4, -0.2) is 19.7 Å². The molecule has 88 valence electrons. The molecule has 1 heterocycles. The first-order valence-electron chi connectivity index (χ1n) is 5.86. The van der Waals surface area contributed by atoms with Crippen LogP contribution in [0.4, 0.5) is 0 Å². The maximum Gasteiger partial charge on any atom is 0.125 e. The third kappa shape index (κ3) is 2.41. The molecule has 0 aromatic heterocycles. The molecule has 3 heteroatoms. The summed E-state index contributed by atoms with van der Waals surface area (Å²) in [5.74, 6) is 1.12. The van der Waals surface area contributed by atoms with E-state index in [9.17, 15) is 0 Å². The summed E-state index contributed by atoms with van der Waals surface area (Å²) in [7, 11) is 2.02. The van der Waals surface area contributed by atoms with Crippen LogP contribution in [0.15, 0.2) is 16.6 Å². The van der Waals surface area contributed by atoms with Crippen molar-refractivity contribution in [2.75, 3.05) is 13.7 Å². The average molecular weight is 284 g/mol. The Balaban J connectivity index is 2.26. The van der Waals surface area contributed by atoms with Gasteiger partial charge in [0.2, 0.25) is 0 Å². The van der Waals surface area contributed by atoms with Gasteiger partial charge in [0.05, 0.1) is 6.61 Å². The number of halogens is 1. The van der Waals surface area contributed by atoms with Gasteiger partial charge in [0, 0.05) is 16.9 Å². The van der Waals surface area contributed by atoms with Crippen molar-refractivity contribution in [3.05, 3.63) is 27.7 Å². The summed E-state index contributed by atoms with van der Waals surface area (Å²) in [5, 5.41) is 3.34. The highest BCUT2D eigenvalue weighted by molar-refractivity contribution is 9.10. The lowest BCUT2D eigenvalue weighted by atomic mass is 10.0. The van der Waals surface area contributed by atoms with Crippen molar-refractivity contribution in [1.29, 1.82) is 0 Å². The Morgan fingerprint density at radius 3 is 3.00 bits per heavy atom. The van der Waals surface area contributed by atoms with E-state index in [1.165, 1.54) is 11.1 Å². The monoisotopic (exact) mass is 283 g/mol. The zero-order chi connectivity index (χ0) is 11.5. The maximum absolute atomic E-state index is 5.73. The first kappa shape index (κ1) is 11.9. The zero-order valence-corrected chi connectivity index (χ0v) is 11.4. The van der Waals surface area contributed by atoms with Crippen LogP contribution in [0, 0.1) is 0 Å². The molecule has 1 unspecified atom stereocenters. The topological polar surface area (TPSA) is 21.3 Å². The molecule has 1 aliphatic rings. The minimum atomic E-state index is 0.530. The van der Waals surface area contributed by atoms with Gasteiger partial charge in [0.25, 0.3) is 0 Å². The van der Waals surface area contributed by atoms with Gasteiger partial charge in [-0.2, -0.15) is 0 Å². The summed E-state index contributed by atoms with van der Waals surface area (Å²) >= 11 is 3.57. The minimum Gasteiger partial charge on any atom is -0.493 e. The summed E-state index contributed by atoms with van der Waals surface area (Å²) in [5.41, 5.74) is 2.67. The van der Waals surface area contributed by atoms with Gasteiger partial charge in [-0.1, -0.05) is 22.9 Å². The summed E-state index contributed by atoms with van der Waals surface area (Å²) in [6, 6.07) is 4.89. The summed E-state index contributed by atoms with van der Waals surface area (Å²) in [6.45, 7) is 3.04. The maximum atomic E-state index is 5.73. The van der Waals surface area contributed by atoms with Crippen molar-refractivity contribution < 1.29 is 4.74 Å². The van der Waals surface area contributed by atoms with Gasteiger partial charge in [-0.15, -0.1) is 0 Å². The van der Waals surface area contributed by atoms with E-state index in [0.29, 0.717) is 6.04 Å². The van der Waals surface area contributed by atoms with E-state index in [2.05, 4.69) is 40.3 Å². The van der Waals surface area contributed by atoms with Gasteiger partial charge >= 0.3 is 0 Å². The van der Waals surface area contributed by atoms with Crippen LogP contribution in [-0.2, 0) is 12.8 Å². The summed E-state index contributed by atoms with van der Waals surface area (Å²) in [4.78, 5) is 0. The lowest BCUT2D eigenvalue weighted by Crippen LogP contribution is -2.26. The Bertz CT molecular complexity index is 374. The lowest BCUT2D eigenvalue weighted by molar-refractivity contribution is 0.351. The predicted molar refractivity (Wildman–Crippen MR) is 70.2 cm³/mol. The molecule has 1 aromatic rings. The van der Waals surface area contributed by atoms with Crippen molar-refractivity contribution in [3.8, 4) is 5.75 Å². The smallest absolute Gasteiger partial charge is 0.125 e. The summed E-state index contributed by atoms with van der Waals surface area (Å²) < 4.78 is 6.89. The Hall–Kier alpha value is -0.540. The molecule has 0 saturated carbocycles. The third-order valence-electron chi connectivity index (χ3n) is 3.19. The quantitative estimate of drug-likeness (QED) is 0.918. The highest BCUT2D eigenvalue weighted by Gasteiger charge is 2.18. The molecule has 0 radical (unpaired) electrons. The molecule has 1 aromatic carbocycles. The molecule has 1 atom stereocenters. The van der Waals surface area contributed by atoms with Crippen molar-refractivity contribution in [2.45, 2.75) is 32.2 Å². The van der Waals surface area contributed by atoms with Crippen molar-refractivity contribution in [3.63, 3.8) is 0 Å². The zero-order valence-electron chi connectivity index (χ0n) is 9.85. The Morgan fingerprint density at radius 1 is 1.50 bits per heavy atom. The number of nitrogens with one attached hydrogen (secondary N) is 1. The van der Waals surface area contributed by atoms with E-state index in [0.717, 1.165) is 36.1 Å². The molecule has 0 saturated heterocycles. The average Bonchev–Trinajstić information content (AvgIpc) is 2.73. The van der Waals surface area contributed by atoms with Gasteiger partial charge < -0.3 is 10.1 Å². The number of likely N-dealkylation sites (N-methyl/N-ethyl adjacent to an activating group) is 1. The van der Waals surface area contributed by atoms with Crippen LogP contribution in [0.2, 0.25) is 0 Å². The van der Waals surface area contributed by atoms with E-state index < -0.39 is 0 Å². The van der Waals surface area contributed by atoms with Crippen LogP contribution in [0.25, 0.3) is 0 Å². The second kappa shape index (κ2) is 5.19. The largest absolute Gasteiger partial charge is 0.493 e. The Kier molecular flexibility index (Phi) is 3.87. The number of benzene rings is 1. The van der Waals surface area contributed by atoms with Crippen molar-refractivity contribution in [2.24, 2.45) is 0 Å². The van der Waals surface area contributed by atoms with Crippen LogP contribution in [0.1, 0.15) is 24.5 Å². The molecule has 0 aliphatic carbocycles. The second-order valence-electron chi connectivity index (χ2n) is 4.25. The van der Waals surface area contributed by atoms with Crippen LogP contribution < -0.4 is 10.1 Å². The molecule has 0 spiro atoms. The Labute approximate surface area is 106 Å². The number of hydrogen-bond acceptors (Lipinski definition) is 2. The number of ether oxygens (including phenoxy) is 1. The first-order chi connectivity index (χ1) is 7.74. The van der Waals surface area contributed by atoms with E-state index in [1.54, 1.807) is 0 Å². The number of hydrogen-bond donors (Lipinski definition) is 1. The molecule has 2 rings (SSSR count). The second-order valence-corrected chi connectivity index (χ2v) is 5.17. The van der Waals surface area contributed by atoms with Gasteiger partial charge in [-0.3, -0.25) is 0 Å². The van der Waals surface area contributed by atoms with Gasteiger partial charge in [-0.05, 0) is 43.1 Å². The Morgan fingerprint density at radius 2 is 2.31 bits per heavy atom. The summed E-state index contributed by atoms with van der Waals surface area (Å²) in [6.07, 6.45) is 3.21. The minimum absolute atomic E-state index is 0.530. The van der Waals surface area contributed by atoms with E-state index in [1.807, 2.05) is 7.05 Å². The highest BCUT2D eigenvalue weighted by Crippen LogP contribution is 2.33. The lowest BCUT2D eigenvalue weighted by Gasteiger charge is -2.16. The van der Waals surface area contributed by atoms with Crippen LogP contribution >= 0.6 is 15.9 Å². The first-order valence-corrected chi connectivity index (χ1v) is 6.65. The fraction of sp³-hybridized carbons (Fsp3) is 0.538. The van der Waals surface area contributed by atoms with Gasteiger partial charge in [0.15, 0.2) is 0 Å². The molecule has 2 nitrogen and oxygen atoms in total. The SMILES string of the molecule is CCC(Cc1cc(Br)cc2c1OCC2)NC. The fourth-order valence-electron chi connectivity index (χ4n) is 2.21. The van der Waals surface area contributed by atoms with Crippen molar-refractivity contribution >= 4 is 15.9 Å². The number of fused-ring (bicyclic) bond motifs is 1. The molecule has 1 N–H and O–H groups in total. The van der Waals surface area contributed by atoms with E-state index in [-0.39, 0.29) is 0 Å². The normalized spacial score (nSPS) is 15.7. The standard InChI is InChI=1S/C13H18BrNO/c1-3-12(15-2)8-10-7-11(14)6-9-4-5-16-13(9)10/h6-7,12,15H,3-5,8H2,1-2H3. The molecular weight excluding hydrogens is 266 g/mol. The molecule has 0 amide bonds. The molecule has 0 bridgehead atoms. The van der Waals surface area contributed by atoms with Crippen LogP contribution in [0.5, 0.6) is 5.75 Å². The van der Waals surface area contributed by atoms with Gasteiger partial charge in [-0.25, -0.2) is 0 Å². The molecule has 1 aliphatic heterocycles. The highest BCUT2D eigenvalue weighted by atomic mass is 79.9. The van der Waals surface area contributed by atoms with Crippen LogP contribution in [0.3, 0.4) is 0 Å². The predicted octanol–water partition coefficient (Wildman–Crippen LogP) is 2.92. The molecule has 16 heavy (non-hydrogen) atoms. The van der Waals surface area contributed by atoms with Gasteiger partial charge in [0.1, 0.15) is 5.75 Å². The van der Waals surface area contributed by atoms with E-state index in [4.69, 9.17) is 4.74 Å². The molecular formula is C13H18BrNO. The number of rotatable bonds is 4. The fourth-order valence-corrected chi connectivity index (χ4v) is 2.77. The van der Waals surface area contributed by atoms with E-state index >= 15 is 0 Å². The van der Waals surface area contributed by atoms with Crippen molar-refractivity contribution in [1.82, 2.24) is 5.32 Å². The molecule has 0 fully saturated rings.